The van der Waals surface area contributed by atoms with Crippen molar-refractivity contribution in [1.29, 1.82) is 0 Å². The van der Waals surface area contributed by atoms with Crippen LogP contribution in [-0.4, -0.2) is 30.3 Å². The number of benzene rings is 2. The number of hydrogen-bond donors (Lipinski definition) is 0. The Labute approximate surface area is 180 Å². The van der Waals surface area contributed by atoms with Crippen LogP contribution >= 0.6 is 11.3 Å². The lowest BCUT2D eigenvalue weighted by molar-refractivity contribution is 0.0970. The molecule has 1 amide bonds. The van der Waals surface area contributed by atoms with Crippen LogP contribution in [0, 0.1) is 6.92 Å². The first-order valence-electron chi connectivity index (χ1n) is 9.42. The van der Waals surface area contributed by atoms with Crippen LogP contribution in [0.3, 0.4) is 0 Å². The second-order valence-electron chi connectivity index (χ2n) is 7.09. The standard InChI is InChI=1S/C22H17N3O5S/c1-11-4-6-14-13(8-11)19(26)17-18(12-5-7-15(28-2)16(9-12)29-3)25(21(27)20(17)30-14)22-24-23-10-31-22/h4-10,18H,1-3H3/t18-/m1/s1. The van der Waals surface area contributed by atoms with Crippen LogP contribution in [-0.2, 0) is 0 Å². The largest absolute Gasteiger partial charge is 0.493 e. The maximum atomic E-state index is 13.6. The van der Waals surface area contributed by atoms with Crippen LogP contribution in [0.1, 0.15) is 33.3 Å². The fourth-order valence-corrected chi connectivity index (χ4v) is 4.48. The van der Waals surface area contributed by atoms with Crippen LogP contribution in [0.15, 0.2) is 51.1 Å². The number of aryl methyl sites for hydroxylation is 1. The summed E-state index contributed by atoms with van der Waals surface area (Å²) in [5.74, 6) is 0.598. The van der Waals surface area contributed by atoms with Gasteiger partial charge in [-0.3, -0.25) is 14.5 Å². The van der Waals surface area contributed by atoms with Crippen molar-refractivity contribution in [3.63, 3.8) is 0 Å². The maximum Gasteiger partial charge on any atom is 0.297 e. The van der Waals surface area contributed by atoms with Crippen LogP contribution in [0.25, 0.3) is 11.0 Å². The van der Waals surface area contributed by atoms with E-state index in [4.69, 9.17) is 13.9 Å². The van der Waals surface area contributed by atoms with Crippen LogP contribution in [0.4, 0.5) is 5.13 Å². The number of methoxy groups -OCH3 is 2. The number of ether oxygens (including phenoxy) is 2. The van der Waals surface area contributed by atoms with Gasteiger partial charge in [0.05, 0.1) is 31.2 Å². The molecule has 0 fully saturated rings. The van der Waals surface area contributed by atoms with E-state index in [0.717, 1.165) is 5.56 Å². The fraction of sp³-hybridized carbons (Fsp3) is 0.182. The third-order valence-corrected chi connectivity index (χ3v) is 5.99. The van der Waals surface area contributed by atoms with Gasteiger partial charge in [-0.2, -0.15) is 0 Å². The van der Waals surface area contributed by atoms with E-state index < -0.39 is 11.9 Å². The number of nitrogens with zero attached hydrogens (tertiary/aromatic N) is 3. The van der Waals surface area contributed by atoms with E-state index in [-0.39, 0.29) is 16.8 Å². The molecule has 156 valence electrons. The van der Waals surface area contributed by atoms with Gasteiger partial charge in [0.15, 0.2) is 16.9 Å². The lowest BCUT2D eigenvalue weighted by Crippen LogP contribution is -2.29. The van der Waals surface area contributed by atoms with Gasteiger partial charge >= 0.3 is 0 Å². The average Bonchev–Trinajstić information content (AvgIpc) is 3.40. The van der Waals surface area contributed by atoms with Crippen molar-refractivity contribution in [2.75, 3.05) is 19.1 Å². The van der Waals surface area contributed by atoms with E-state index in [1.807, 2.05) is 13.0 Å². The highest BCUT2D eigenvalue weighted by molar-refractivity contribution is 7.13. The maximum absolute atomic E-state index is 13.6. The number of hydrogen-bond acceptors (Lipinski definition) is 8. The molecule has 31 heavy (non-hydrogen) atoms. The van der Waals surface area contributed by atoms with Crippen molar-refractivity contribution in [2.24, 2.45) is 0 Å². The van der Waals surface area contributed by atoms with E-state index in [0.29, 0.717) is 33.2 Å². The first-order valence-corrected chi connectivity index (χ1v) is 10.3. The molecule has 2 aromatic heterocycles. The van der Waals surface area contributed by atoms with Gasteiger partial charge in [0, 0.05) is 0 Å². The molecule has 0 radical (unpaired) electrons. The minimum Gasteiger partial charge on any atom is -0.493 e. The summed E-state index contributed by atoms with van der Waals surface area (Å²) in [6.07, 6.45) is 0. The summed E-state index contributed by atoms with van der Waals surface area (Å²) in [5.41, 5.74) is 3.51. The summed E-state index contributed by atoms with van der Waals surface area (Å²) in [6, 6.07) is 9.86. The number of carbonyl (C=O) groups is 1. The number of fused-ring (bicyclic) bond motifs is 2. The Morgan fingerprint density at radius 1 is 1.06 bits per heavy atom. The Hall–Kier alpha value is -3.72. The van der Waals surface area contributed by atoms with Gasteiger partial charge in [0.1, 0.15) is 11.1 Å². The SMILES string of the molecule is COc1ccc([C@@H]2c3c(oc4ccc(C)cc4c3=O)C(=O)N2c2nncs2)cc1OC. The van der Waals surface area contributed by atoms with Crippen molar-refractivity contribution in [2.45, 2.75) is 13.0 Å². The van der Waals surface area contributed by atoms with Gasteiger partial charge in [-0.25, -0.2) is 0 Å². The average molecular weight is 435 g/mol. The minimum atomic E-state index is -0.739. The number of aromatic nitrogens is 2. The Kier molecular flexibility index (Phi) is 4.48. The number of amides is 1. The summed E-state index contributed by atoms with van der Waals surface area (Å²) in [6.45, 7) is 1.90. The van der Waals surface area contributed by atoms with Gasteiger partial charge in [-0.1, -0.05) is 29.0 Å². The van der Waals surface area contributed by atoms with E-state index in [1.54, 1.807) is 37.4 Å². The van der Waals surface area contributed by atoms with Crippen molar-refractivity contribution >= 4 is 33.3 Å². The molecule has 0 spiro atoms. The quantitative estimate of drug-likeness (QED) is 0.482. The summed E-state index contributed by atoms with van der Waals surface area (Å²) >= 11 is 1.21. The molecule has 1 aliphatic rings. The summed E-state index contributed by atoms with van der Waals surface area (Å²) < 4.78 is 16.7. The number of anilines is 1. The second-order valence-corrected chi connectivity index (χ2v) is 7.90. The lowest BCUT2D eigenvalue weighted by Gasteiger charge is -2.22. The molecule has 2 aromatic carbocycles. The zero-order valence-electron chi connectivity index (χ0n) is 16.9. The normalized spacial score (nSPS) is 15.4. The smallest absolute Gasteiger partial charge is 0.297 e. The van der Waals surface area contributed by atoms with Crippen LogP contribution in [0.5, 0.6) is 11.5 Å². The van der Waals surface area contributed by atoms with Gasteiger partial charge in [0.25, 0.3) is 5.91 Å². The Morgan fingerprint density at radius 3 is 2.58 bits per heavy atom. The zero-order chi connectivity index (χ0) is 21.7. The van der Waals surface area contributed by atoms with Crippen molar-refractivity contribution in [3.05, 3.63) is 74.6 Å². The first kappa shape index (κ1) is 19.3. The van der Waals surface area contributed by atoms with Crippen LogP contribution < -0.4 is 19.8 Å². The molecule has 1 atom stereocenters. The molecule has 3 heterocycles. The minimum absolute atomic E-state index is 0.0105. The third-order valence-electron chi connectivity index (χ3n) is 5.30. The molecule has 5 rings (SSSR count). The molecule has 1 aliphatic heterocycles. The zero-order valence-corrected chi connectivity index (χ0v) is 17.7. The van der Waals surface area contributed by atoms with Gasteiger partial charge in [0.2, 0.25) is 10.9 Å². The number of rotatable bonds is 4. The molecule has 9 heteroatoms. The molecule has 4 aromatic rings. The van der Waals surface area contributed by atoms with E-state index in [2.05, 4.69) is 10.2 Å². The van der Waals surface area contributed by atoms with Crippen molar-refractivity contribution in [3.8, 4) is 11.5 Å². The van der Waals surface area contributed by atoms with E-state index in [1.165, 1.54) is 28.9 Å². The fourth-order valence-electron chi connectivity index (χ4n) is 3.89. The molecule has 0 saturated carbocycles. The van der Waals surface area contributed by atoms with Gasteiger partial charge < -0.3 is 13.9 Å². The molecule has 0 bridgehead atoms. The van der Waals surface area contributed by atoms with Gasteiger partial charge in [-0.05, 0) is 36.8 Å². The summed E-state index contributed by atoms with van der Waals surface area (Å²) in [4.78, 5) is 28.4. The molecule has 8 nitrogen and oxygen atoms in total. The Morgan fingerprint density at radius 2 is 1.87 bits per heavy atom. The molecule has 0 saturated heterocycles. The van der Waals surface area contributed by atoms with E-state index >= 15 is 0 Å². The second kappa shape index (κ2) is 7.21. The molecule has 0 unspecified atom stereocenters. The number of carbonyl (C=O) groups excluding carboxylic acids is 1. The summed E-state index contributed by atoms with van der Waals surface area (Å²) in [7, 11) is 3.07. The highest BCUT2D eigenvalue weighted by Gasteiger charge is 2.45. The lowest BCUT2D eigenvalue weighted by atomic mass is 9.98. The topological polar surface area (TPSA) is 94.8 Å². The highest BCUT2D eigenvalue weighted by atomic mass is 32.1. The predicted molar refractivity (Wildman–Crippen MR) is 115 cm³/mol. The Bertz CT molecular complexity index is 1380. The van der Waals surface area contributed by atoms with Crippen molar-refractivity contribution < 1.29 is 18.7 Å². The third kappa shape index (κ3) is 2.89. The molecular formula is C22H17N3O5S. The highest BCUT2D eigenvalue weighted by Crippen LogP contribution is 2.43. The molecular weight excluding hydrogens is 418 g/mol. The molecule has 0 aliphatic carbocycles. The van der Waals surface area contributed by atoms with Gasteiger partial charge in [-0.15, -0.1) is 10.2 Å². The first-order chi connectivity index (χ1) is 15.0. The molecule has 0 N–H and O–H groups in total. The predicted octanol–water partition coefficient (Wildman–Crippen LogP) is 3.72. The van der Waals surface area contributed by atoms with Crippen LogP contribution in [0.2, 0.25) is 0 Å². The van der Waals surface area contributed by atoms with Crippen molar-refractivity contribution in [1.82, 2.24) is 10.2 Å². The van der Waals surface area contributed by atoms with E-state index in [9.17, 15) is 9.59 Å². The summed E-state index contributed by atoms with van der Waals surface area (Å²) in [5, 5.41) is 8.73. The monoisotopic (exact) mass is 435 g/mol. The Balaban J connectivity index is 1.81.